The molecule has 9 nitrogen and oxygen atoms in total. The van der Waals surface area contributed by atoms with Crippen molar-refractivity contribution in [3.63, 3.8) is 0 Å². The molecule has 1 saturated heterocycles. The number of aryl methyl sites for hydroxylation is 1. The Balaban J connectivity index is 1.34. The molecule has 0 bridgehead atoms. The second-order valence-electron chi connectivity index (χ2n) is 8.67. The number of nitrogens with one attached hydrogen (secondary N) is 1. The molecule has 0 unspecified atom stereocenters. The van der Waals surface area contributed by atoms with Crippen molar-refractivity contribution in [2.24, 2.45) is 0 Å². The van der Waals surface area contributed by atoms with E-state index < -0.39 is 13.0 Å². The van der Waals surface area contributed by atoms with Gasteiger partial charge in [0.25, 0.3) is 12.3 Å². The minimum Gasteiger partial charge on any atom is -0.371 e. The fourth-order valence-electron chi connectivity index (χ4n) is 4.00. The van der Waals surface area contributed by atoms with Crippen molar-refractivity contribution in [1.29, 1.82) is 0 Å². The minimum absolute atomic E-state index is 0.00447. The van der Waals surface area contributed by atoms with Crippen molar-refractivity contribution in [3.8, 4) is 11.4 Å². The number of pyridine rings is 1. The first-order valence-corrected chi connectivity index (χ1v) is 11.1. The molecule has 0 atom stereocenters. The molecule has 0 spiro atoms. The Morgan fingerprint density at radius 1 is 1.29 bits per heavy atom. The molecule has 35 heavy (non-hydrogen) atoms. The van der Waals surface area contributed by atoms with Gasteiger partial charge in [0.05, 0.1) is 18.7 Å². The number of hydrogen-bond donors (Lipinski definition) is 1. The Morgan fingerprint density at radius 2 is 2.11 bits per heavy atom. The molecule has 182 valence electrons. The van der Waals surface area contributed by atoms with E-state index in [-0.39, 0.29) is 18.4 Å². The first-order valence-electron chi connectivity index (χ1n) is 11.1. The van der Waals surface area contributed by atoms with Crippen LogP contribution in [-0.4, -0.2) is 63.5 Å². The van der Waals surface area contributed by atoms with Gasteiger partial charge in [-0.05, 0) is 37.2 Å². The Labute approximate surface area is 199 Å². The van der Waals surface area contributed by atoms with E-state index >= 15 is 0 Å². The van der Waals surface area contributed by atoms with Gasteiger partial charge in [0.2, 0.25) is 11.7 Å². The van der Waals surface area contributed by atoms with E-state index in [0.717, 1.165) is 24.2 Å². The zero-order valence-electron chi connectivity index (χ0n) is 19.2. The maximum absolute atomic E-state index is 13.1. The van der Waals surface area contributed by atoms with Gasteiger partial charge in [0.1, 0.15) is 17.9 Å². The Bertz CT molecular complexity index is 1360. The monoisotopic (exact) mass is 482 g/mol. The molecule has 0 saturated carbocycles. The van der Waals surface area contributed by atoms with Crippen LogP contribution in [0.5, 0.6) is 0 Å². The van der Waals surface area contributed by atoms with Gasteiger partial charge in [-0.15, -0.1) is 0 Å². The number of benzene rings is 1. The van der Waals surface area contributed by atoms with Gasteiger partial charge in [0.15, 0.2) is 0 Å². The van der Waals surface area contributed by atoms with Crippen LogP contribution in [-0.2, 0) is 11.3 Å². The van der Waals surface area contributed by atoms with Gasteiger partial charge in [-0.25, -0.2) is 13.8 Å². The van der Waals surface area contributed by atoms with Crippen molar-refractivity contribution in [2.45, 2.75) is 25.9 Å². The number of likely N-dealkylation sites (N-methyl/N-ethyl adjacent to an activating group) is 1. The van der Waals surface area contributed by atoms with Crippen LogP contribution >= 0.6 is 0 Å². The van der Waals surface area contributed by atoms with Crippen LogP contribution in [0.1, 0.15) is 33.4 Å². The topological polar surface area (TPSA) is 97.8 Å². The zero-order valence-corrected chi connectivity index (χ0v) is 19.2. The van der Waals surface area contributed by atoms with Gasteiger partial charge in [-0.1, -0.05) is 23.4 Å². The lowest BCUT2D eigenvalue weighted by Crippen LogP contribution is -2.41. The van der Waals surface area contributed by atoms with Crippen LogP contribution in [0.4, 0.5) is 14.5 Å². The highest BCUT2D eigenvalue weighted by Gasteiger charge is 2.30. The average Bonchev–Trinajstić information content (AvgIpc) is 3.45. The fraction of sp³-hybridized carbons (Fsp3) is 0.333. The number of carbonyl (C=O) groups excluding carboxylic acids is 1. The second kappa shape index (κ2) is 9.51. The molecule has 4 heterocycles. The number of rotatable bonds is 8. The standard InChI is InChI=1S/C24H24F2N6O3/c1-14-3-5-16(22-29-24(35-30-22)17-10-31(2)11-17)7-18(14)28-23(33)19-8-27-21-6-4-15(9-32(19)21)12-34-13-20(25)26/h3-9,17,20H,10-13H2,1-2H3,(H,28,33). The molecule has 1 amide bonds. The molecule has 3 aromatic heterocycles. The number of ether oxygens (including phenoxy) is 1. The Morgan fingerprint density at radius 3 is 2.89 bits per heavy atom. The first-order chi connectivity index (χ1) is 16.9. The van der Waals surface area contributed by atoms with Crippen molar-refractivity contribution in [3.05, 3.63) is 65.4 Å². The number of fused-ring (bicyclic) bond motifs is 1. The van der Waals surface area contributed by atoms with E-state index in [9.17, 15) is 13.6 Å². The summed E-state index contributed by atoms with van der Waals surface area (Å²) in [5.74, 6) is 0.956. The molecule has 1 aliphatic rings. The average molecular weight is 482 g/mol. The maximum atomic E-state index is 13.1. The van der Waals surface area contributed by atoms with Crippen molar-refractivity contribution < 1.29 is 22.8 Å². The number of carbonyl (C=O) groups is 1. The van der Waals surface area contributed by atoms with Crippen molar-refractivity contribution >= 4 is 17.2 Å². The highest BCUT2D eigenvalue weighted by molar-refractivity contribution is 6.04. The number of halogens is 2. The number of aromatic nitrogens is 4. The molecule has 0 aliphatic carbocycles. The molecular formula is C24H24F2N6O3. The maximum Gasteiger partial charge on any atom is 0.274 e. The number of likely N-dealkylation sites (tertiary alicyclic amines) is 1. The van der Waals surface area contributed by atoms with Gasteiger partial charge in [0, 0.05) is 30.5 Å². The summed E-state index contributed by atoms with van der Waals surface area (Å²) < 4.78 is 36.7. The largest absolute Gasteiger partial charge is 0.371 e. The number of alkyl halides is 2. The summed E-state index contributed by atoms with van der Waals surface area (Å²) in [5.41, 5.74) is 3.70. The predicted octanol–water partition coefficient (Wildman–Crippen LogP) is 3.76. The van der Waals surface area contributed by atoms with Crippen LogP contribution in [0.25, 0.3) is 17.0 Å². The number of anilines is 1. The summed E-state index contributed by atoms with van der Waals surface area (Å²) in [6, 6.07) is 9.00. The van der Waals surface area contributed by atoms with E-state index in [1.165, 1.54) is 6.20 Å². The molecule has 5 rings (SSSR count). The third kappa shape index (κ3) is 4.91. The summed E-state index contributed by atoms with van der Waals surface area (Å²) in [6.07, 6.45) is 0.589. The molecule has 0 radical (unpaired) electrons. The summed E-state index contributed by atoms with van der Waals surface area (Å²) >= 11 is 0. The first kappa shape index (κ1) is 23.1. The number of amides is 1. The summed E-state index contributed by atoms with van der Waals surface area (Å²) in [6.45, 7) is 3.01. The molecule has 1 aliphatic heterocycles. The van der Waals surface area contributed by atoms with Gasteiger partial charge >= 0.3 is 0 Å². The van der Waals surface area contributed by atoms with Crippen LogP contribution in [0.15, 0.2) is 47.2 Å². The van der Waals surface area contributed by atoms with Crippen LogP contribution in [0.3, 0.4) is 0 Å². The smallest absolute Gasteiger partial charge is 0.274 e. The zero-order chi connectivity index (χ0) is 24.5. The lowest BCUT2D eigenvalue weighted by molar-refractivity contribution is 0.00978. The predicted molar refractivity (Wildman–Crippen MR) is 124 cm³/mol. The highest BCUT2D eigenvalue weighted by atomic mass is 19.3. The molecule has 1 N–H and O–H groups in total. The second-order valence-corrected chi connectivity index (χ2v) is 8.67. The van der Waals surface area contributed by atoms with Gasteiger partial charge < -0.3 is 19.5 Å². The lowest BCUT2D eigenvalue weighted by Gasteiger charge is -2.33. The molecule has 4 aromatic rings. The highest BCUT2D eigenvalue weighted by Crippen LogP contribution is 2.28. The van der Waals surface area contributed by atoms with E-state index in [0.29, 0.717) is 34.3 Å². The summed E-state index contributed by atoms with van der Waals surface area (Å²) in [7, 11) is 2.04. The fourth-order valence-corrected chi connectivity index (χ4v) is 4.00. The Kier molecular flexibility index (Phi) is 6.27. The van der Waals surface area contributed by atoms with E-state index in [2.05, 4.69) is 25.3 Å². The van der Waals surface area contributed by atoms with E-state index in [4.69, 9.17) is 9.26 Å². The van der Waals surface area contributed by atoms with Gasteiger partial charge in [-0.3, -0.25) is 9.20 Å². The number of nitrogens with zero attached hydrogens (tertiary/aromatic N) is 5. The SMILES string of the molecule is Cc1ccc(-c2noc(C3CN(C)C3)n2)cc1NC(=O)c1cnc2ccc(COCC(F)F)cn12. The lowest BCUT2D eigenvalue weighted by atomic mass is 10.0. The van der Waals surface area contributed by atoms with Crippen LogP contribution in [0.2, 0.25) is 0 Å². The number of imidazole rings is 1. The molecule has 11 heteroatoms. The van der Waals surface area contributed by atoms with Crippen LogP contribution in [0, 0.1) is 6.92 Å². The molecule has 1 fully saturated rings. The van der Waals surface area contributed by atoms with Crippen molar-refractivity contribution in [2.75, 3.05) is 32.1 Å². The van der Waals surface area contributed by atoms with Crippen molar-refractivity contribution in [1.82, 2.24) is 24.4 Å². The summed E-state index contributed by atoms with van der Waals surface area (Å²) in [5, 5.41) is 7.04. The molecule has 1 aromatic carbocycles. The van der Waals surface area contributed by atoms with E-state index in [1.807, 2.05) is 32.2 Å². The number of hydrogen-bond acceptors (Lipinski definition) is 7. The third-order valence-corrected chi connectivity index (χ3v) is 5.91. The van der Waals surface area contributed by atoms with Gasteiger partial charge in [-0.2, -0.15) is 4.98 Å². The molecular weight excluding hydrogens is 458 g/mol. The summed E-state index contributed by atoms with van der Waals surface area (Å²) in [4.78, 5) is 24.1. The normalized spacial score (nSPS) is 14.5. The van der Waals surface area contributed by atoms with Crippen LogP contribution < -0.4 is 5.32 Å². The minimum atomic E-state index is -2.54. The Hall–Kier alpha value is -3.70. The van der Waals surface area contributed by atoms with E-state index in [1.54, 1.807) is 22.7 Å². The third-order valence-electron chi connectivity index (χ3n) is 5.91. The quantitative estimate of drug-likeness (QED) is 0.408.